The van der Waals surface area contributed by atoms with Crippen LogP contribution < -0.4 is 5.73 Å². The molecule has 0 spiro atoms. The van der Waals surface area contributed by atoms with E-state index < -0.39 is 0 Å². The van der Waals surface area contributed by atoms with Crippen LogP contribution in [0.1, 0.15) is 11.3 Å². The summed E-state index contributed by atoms with van der Waals surface area (Å²) in [7, 11) is 2.12. The van der Waals surface area contributed by atoms with Crippen molar-refractivity contribution in [2.45, 2.75) is 13.0 Å². The quantitative estimate of drug-likeness (QED) is 0.811. The topological polar surface area (TPSA) is 42.2 Å². The van der Waals surface area contributed by atoms with E-state index in [-0.39, 0.29) is 0 Å². The zero-order valence-corrected chi connectivity index (χ0v) is 11.3. The van der Waals surface area contributed by atoms with E-state index in [1.807, 2.05) is 18.2 Å². The van der Waals surface area contributed by atoms with Crippen molar-refractivity contribution < 1.29 is 0 Å². The predicted octanol–water partition coefficient (Wildman–Crippen LogP) is 2.57. The van der Waals surface area contributed by atoms with E-state index in [1.54, 1.807) is 0 Å². The number of hydrogen-bond donors (Lipinski definition) is 1. The van der Waals surface area contributed by atoms with Gasteiger partial charge in [0.05, 0.1) is 5.52 Å². The highest BCUT2D eigenvalue weighted by Crippen LogP contribution is 2.32. The largest absolute Gasteiger partial charge is 0.398 e. The van der Waals surface area contributed by atoms with Crippen LogP contribution in [-0.4, -0.2) is 23.5 Å². The molecule has 88 valence electrons. The van der Waals surface area contributed by atoms with Crippen LogP contribution in [0.15, 0.2) is 22.7 Å². The highest BCUT2D eigenvalue weighted by atomic mass is 79.9. The fourth-order valence-corrected chi connectivity index (χ4v) is 2.85. The predicted molar refractivity (Wildman–Crippen MR) is 73.9 cm³/mol. The van der Waals surface area contributed by atoms with Crippen LogP contribution in [0.4, 0.5) is 5.69 Å². The number of nitrogens with two attached hydrogens (primary N) is 1. The molecular formula is C13H14BrN3. The minimum Gasteiger partial charge on any atom is -0.398 e. The number of benzene rings is 1. The van der Waals surface area contributed by atoms with Gasteiger partial charge in [-0.05, 0) is 29.0 Å². The van der Waals surface area contributed by atoms with Crippen LogP contribution in [0.3, 0.4) is 0 Å². The standard InChI is InChI=1S/C13H14BrN3/c1-17-6-5-11-9(7-17)12(15)8-3-2-4-10(14)13(8)16-11/h2-4H,5-7H2,1H3,(H2,15,16). The number of rotatable bonds is 0. The lowest BCUT2D eigenvalue weighted by Gasteiger charge is -2.26. The van der Waals surface area contributed by atoms with Gasteiger partial charge in [-0.15, -0.1) is 0 Å². The average molecular weight is 292 g/mol. The molecule has 0 aliphatic carbocycles. The van der Waals surface area contributed by atoms with Gasteiger partial charge in [-0.1, -0.05) is 12.1 Å². The third-order valence-electron chi connectivity index (χ3n) is 3.36. The van der Waals surface area contributed by atoms with Gasteiger partial charge < -0.3 is 10.6 Å². The minimum absolute atomic E-state index is 0.887. The normalized spacial score (nSPS) is 16.1. The highest BCUT2D eigenvalue weighted by Gasteiger charge is 2.19. The van der Waals surface area contributed by atoms with Crippen molar-refractivity contribution in [2.75, 3.05) is 19.3 Å². The summed E-state index contributed by atoms with van der Waals surface area (Å²) in [4.78, 5) is 7.04. The van der Waals surface area contributed by atoms with Crippen LogP contribution in [0, 0.1) is 0 Å². The molecular weight excluding hydrogens is 278 g/mol. The second-order valence-corrected chi connectivity index (χ2v) is 5.43. The van der Waals surface area contributed by atoms with Gasteiger partial charge in [0.2, 0.25) is 0 Å². The van der Waals surface area contributed by atoms with E-state index >= 15 is 0 Å². The number of likely N-dealkylation sites (N-methyl/N-ethyl adjacent to an activating group) is 1. The first-order valence-corrected chi connectivity index (χ1v) is 6.50. The zero-order chi connectivity index (χ0) is 12.0. The molecule has 0 amide bonds. The van der Waals surface area contributed by atoms with Gasteiger partial charge >= 0.3 is 0 Å². The molecule has 0 unspecified atom stereocenters. The van der Waals surface area contributed by atoms with Gasteiger partial charge in [0, 0.05) is 46.3 Å². The Bertz CT molecular complexity index is 595. The van der Waals surface area contributed by atoms with E-state index in [0.717, 1.165) is 46.3 Å². The fourth-order valence-electron chi connectivity index (χ4n) is 2.40. The first-order valence-electron chi connectivity index (χ1n) is 5.71. The van der Waals surface area contributed by atoms with Gasteiger partial charge in [-0.25, -0.2) is 0 Å². The van der Waals surface area contributed by atoms with E-state index in [0.29, 0.717) is 0 Å². The molecule has 1 aliphatic rings. The van der Waals surface area contributed by atoms with Gasteiger partial charge in [0.15, 0.2) is 0 Å². The van der Waals surface area contributed by atoms with Gasteiger partial charge in [-0.3, -0.25) is 4.98 Å². The molecule has 0 atom stereocenters. The van der Waals surface area contributed by atoms with E-state index in [1.165, 1.54) is 5.56 Å². The van der Waals surface area contributed by atoms with Gasteiger partial charge in [0.25, 0.3) is 0 Å². The number of aromatic nitrogens is 1. The summed E-state index contributed by atoms with van der Waals surface area (Å²) in [6.07, 6.45) is 0.979. The Labute approximate surface area is 109 Å². The Kier molecular flexibility index (Phi) is 2.56. The van der Waals surface area contributed by atoms with Crippen LogP contribution in [0.25, 0.3) is 10.9 Å². The second-order valence-electron chi connectivity index (χ2n) is 4.57. The van der Waals surface area contributed by atoms with E-state index in [2.05, 4.69) is 27.9 Å². The number of pyridine rings is 1. The highest BCUT2D eigenvalue weighted by molar-refractivity contribution is 9.10. The van der Waals surface area contributed by atoms with Gasteiger partial charge in [-0.2, -0.15) is 0 Å². The van der Waals surface area contributed by atoms with Gasteiger partial charge in [0.1, 0.15) is 0 Å². The van der Waals surface area contributed by atoms with Crippen molar-refractivity contribution in [2.24, 2.45) is 0 Å². The number of fused-ring (bicyclic) bond motifs is 2. The molecule has 3 rings (SSSR count). The molecule has 0 saturated carbocycles. The third kappa shape index (κ3) is 1.72. The molecule has 0 fully saturated rings. The zero-order valence-electron chi connectivity index (χ0n) is 9.70. The molecule has 0 radical (unpaired) electrons. The lowest BCUT2D eigenvalue weighted by molar-refractivity contribution is 0.311. The molecule has 2 N–H and O–H groups in total. The first-order chi connectivity index (χ1) is 8.16. The van der Waals surface area contributed by atoms with Crippen molar-refractivity contribution >= 4 is 32.5 Å². The summed E-state index contributed by atoms with van der Waals surface area (Å²) < 4.78 is 1.02. The third-order valence-corrected chi connectivity index (χ3v) is 4.00. The first kappa shape index (κ1) is 11.0. The maximum absolute atomic E-state index is 6.28. The Morgan fingerprint density at radius 2 is 2.24 bits per heavy atom. The number of para-hydroxylation sites is 1. The van der Waals surface area contributed by atoms with Crippen molar-refractivity contribution in [3.05, 3.63) is 33.9 Å². The molecule has 1 aliphatic heterocycles. The molecule has 2 heterocycles. The molecule has 1 aromatic heterocycles. The van der Waals surface area contributed by atoms with Crippen molar-refractivity contribution in [3.8, 4) is 0 Å². The van der Waals surface area contributed by atoms with Crippen LogP contribution >= 0.6 is 15.9 Å². The Hall–Kier alpha value is -1.13. The Morgan fingerprint density at radius 3 is 3.06 bits per heavy atom. The minimum atomic E-state index is 0.887. The lowest BCUT2D eigenvalue weighted by atomic mass is 10.0. The second kappa shape index (κ2) is 3.96. The van der Waals surface area contributed by atoms with Crippen LogP contribution in [0.2, 0.25) is 0 Å². The Morgan fingerprint density at radius 1 is 1.41 bits per heavy atom. The average Bonchev–Trinajstić information content (AvgIpc) is 2.32. The summed E-state index contributed by atoms with van der Waals surface area (Å²) in [5.41, 5.74) is 10.5. The maximum atomic E-state index is 6.28. The molecule has 1 aromatic carbocycles. The summed E-state index contributed by atoms with van der Waals surface area (Å²) >= 11 is 3.54. The smallest absolute Gasteiger partial charge is 0.0868 e. The molecule has 17 heavy (non-hydrogen) atoms. The van der Waals surface area contributed by atoms with Crippen molar-refractivity contribution in [3.63, 3.8) is 0 Å². The maximum Gasteiger partial charge on any atom is 0.0868 e. The number of anilines is 1. The summed E-state index contributed by atoms with van der Waals surface area (Å²) in [5.74, 6) is 0. The molecule has 0 bridgehead atoms. The Balaban J connectivity index is 2.33. The number of nitrogen functional groups attached to an aromatic ring is 1. The van der Waals surface area contributed by atoms with Crippen LogP contribution in [-0.2, 0) is 13.0 Å². The summed E-state index contributed by atoms with van der Waals surface area (Å²) in [6, 6.07) is 6.05. The molecule has 0 saturated heterocycles. The van der Waals surface area contributed by atoms with E-state index in [4.69, 9.17) is 10.7 Å². The fraction of sp³-hybridized carbons (Fsp3) is 0.308. The SMILES string of the molecule is CN1CCc2nc3c(Br)cccc3c(N)c2C1. The van der Waals surface area contributed by atoms with Crippen molar-refractivity contribution in [1.29, 1.82) is 0 Å². The monoisotopic (exact) mass is 291 g/mol. The number of halogens is 1. The number of hydrogen-bond acceptors (Lipinski definition) is 3. The molecule has 2 aromatic rings. The van der Waals surface area contributed by atoms with E-state index in [9.17, 15) is 0 Å². The van der Waals surface area contributed by atoms with Crippen molar-refractivity contribution in [1.82, 2.24) is 9.88 Å². The lowest BCUT2D eigenvalue weighted by Crippen LogP contribution is -2.28. The molecule has 4 heteroatoms. The summed E-state index contributed by atoms with van der Waals surface area (Å²) in [6.45, 7) is 1.95. The molecule has 3 nitrogen and oxygen atoms in total. The number of nitrogens with zero attached hydrogens (tertiary/aromatic N) is 2. The summed E-state index contributed by atoms with van der Waals surface area (Å²) in [5, 5.41) is 1.05. The van der Waals surface area contributed by atoms with Crippen LogP contribution in [0.5, 0.6) is 0 Å².